The first kappa shape index (κ1) is 5.03. The van der Waals surface area contributed by atoms with Crippen molar-refractivity contribution in [3.63, 3.8) is 0 Å². The molecule has 0 saturated carbocycles. The van der Waals surface area contributed by atoms with Crippen molar-refractivity contribution >= 4 is 11.6 Å². The van der Waals surface area contributed by atoms with Crippen molar-refractivity contribution in [2.45, 2.75) is 13.3 Å². The predicted molar refractivity (Wildman–Crippen MR) is 25.3 cm³/mol. The summed E-state index contributed by atoms with van der Waals surface area (Å²) in [6.45, 7) is 2.04. The highest BCUT2D eigenvalue weighted by atomic mass is 35.5. The first-order valence-electron chi connectivity index (χ1n) is 1.67. The van der Waals surface area contributed by atoms with Crippen LogP contribution in [0.4, 0.5) is 0 Å². The number of rotatable bonds is 1. The van der Waals surface area contributed by atoms with E-state index in [1.54, 1.807) is 0 Å². The summed E-state index contributed by atoms with van der Waals surface area (Å²) in [6.07, 6.45) is 2.92. The number of hydrogen-bond donors (Lipinski definition) is 0. The molecule has 0 saturated heterocycles. The summed E-state index contributed by atoms with van der Waals surface area (Å²) in [5.74, 6) is 0. The van der Waals surface area contributed by atoms with Gasteiger partial charge in [0.15, 0.2) is 0 Å². The van der Waals surface area contributed by atoms with Gasteiger partial charge in [-0.3, -0.25) is 0 Å². The Bertz CT molecular complexity index is 30.6. The van der Waals surface area contributed by atoms with Gasteiger partial charge in [0, 0.05) is 5.54 Å². The van der Waals surface area contributed by atoms with E-state index < -0.39 is 0 Å². The zero-order valence-electron chi connectivity index (χ0n) is 3.24. The van der Waals surface area contributed by atoms with Crippen molar-refractivity contribution in [3.8, 4) is 0 Å². The van der Waals surface area contributed by atoms with Gasteiger partial charge >= 0.3 is 0 Å². The normalized spacial score (nSPS) is 10.0. The summed E-state index contributed by atoms with van der Waals surface area (Å²) in [6, 6.07) is 0. The maximum absolute atomic E-state index is 5.12. The van der Waals surface area contributed by atoms with Crippen LogP contribution in [0.5, 0.6) is 0 Å². The molecule has 0 unspecified atom stereocenters. The second-order valence-electron chi connectivity index (χ2n) is 0.770. The second kappa shape index (κ2) is 4.03. The van der Waals surface area contributed by atoms with Gasteiger partial charge in [0.05, 0.1) is 0 Å². The molecule has 0 aromatic carbocycles. The lowest BCUT2D eigenvalue weighted by Crippen LogP contribution is -1.41. The van der Waals surface area contributed by atoms with Crippen LogP contribution in [-0.2, 0) is 0 Å². The third kappa shape index (κ3) is 4.03. The Labute approximate surface area is 37.4 Å². The minimum Gasteiger partial charge on any atom is -0.0933 e. The summed E-state index contributed by atoms with van der Waals surface area (Å²) in [4.78, 5) is 0. The van der Waals surface area contributed by atoms with Crippen molar-refractivity contribution in [1.82, 2.24) is 0 Å². The van der Waals surface area contributed by atoms with E-state index in [2.05, 4.69) is 0 Å². The lowest BCUT2D eigenvalue weighted by molar-refractivity contribution is 1.23. The molecular weight excluding hydrogens is 83.5 g/mol. The lowest BCUT2D eigenvalue weighted by Gasteiger charge is -1.63. The van der Waals surface area contributed by atoms with Gasteiger partial charge in [-0.05, 0) is 6.42 Å². The molecule has 0 aliphatic carbocycles. The smallest absolute Gasteiger partial charge is 0.000235 e. The van der Waals surface area contributed by atoms with E-state index in [9.17, 15) is 0 Å². The van der Waals surface area contributed by atoms with Crippen LogP contribution in [0.2, 0.25) is 0 Å². The SMILES string of the molecule is CCC=CCl. The number of allylic oxidation sites excluding steroid dienone is 1. The van der Waals surface area contributed by atoms with Gasteiger partial charge in [-0.25, -0.2) is 0 Å². The molecule has 0 fully saturated rings. The van der Waals surface area contributed by atoms with Crippen LogP contribution in [0.3, 0.4) is 0 Å². The van der Waals surface area contributed by atoms with E-state index >= 15 is 0 Å². The molecule has 0 atom stereocenters. The molecular formula is C4H7Cl. The summed E-state index contributed by atoms with van der Waals surface area (Å²) in [5, 5.41) is 0. The van der Waals surface area contributed by atoms with E-state index in [1.807, 2.05) is 13.0 Å². The molecule has 0 aromatic heterocycles. The quantitative estimate of drug-likeness (QED) is 0.463. The largest absolute Gasteiger partial charge is 0.0933 e. The van der Waals surface area contributed by atoms with Crippen LogP contribution in [0, 0.1) is 0 Å². The highest BCUT2D eigenvalue weighted by Gasteiger charge is 1.53. The molecule has 0 rings (SSSR count). The summed E-state index contributed by atoms with van der Waals surface area (Å²) < 4.78 is 0. The molecule has 0 nitrogen and oxygen atoms in total. The molecule has 0 bridgehead atoms. The van der Waals surface area contributed by atoms with E-state index in [1.165, 1.54) is 5.54 Å². The molecule has 30 valence electrons. The van der Waals surface area contributed by atoms with Crippen molar-refractivity contribution in [2.24, 2.45) is 0 Å². The molecule has 0 amide bonds. The van der Waals surface area contributed by atoms with Gasteiger partial charge in [-0.1, -0.05) is 24.6 Å². The maximum Gasteiger partial charge on any atom is 0.000235 e. The standard InChI is InChI=1S/C4H7Cl/c1-2-3-4-5/h3-4H,2H2,1H3. The number of halogens is 1. The third-order valence-corrected chi connectivity index (χ3v) is 0.503. The Morgan fingerprint density at radius 1 is 1.80 bits per heavy atom. The predicted octanol–water partition coefficient (Wildman–Crippen LogP) is 2.15. The summed E-state index contributed by atoms with van der Waals surface area (Å²) >= 11 is 5.12. The van der Waals surface area contributed by atoms with Crippen molar-refractivity contribution < 1.29 is 0 Å². The minimum atomic E-state index is 1.03. The molecule has 0 aliphatic rings. The maximum atomic E-state index is 5.12. The van der Waals surface area contributed by atoms with E-state index in [0.717, 1.165) is 6.42 Å². The first-order chi connectivity index (χ1) is 2.41. The van der Waals surface area contributed by atoms with Gasteiger partial charge in [-0.2, -0.15) is 0 Å². The Morgan fingerprint density at radius 3 is 2.40 bits per heavy atom. The molecule has 0 radical (unpaired) electrons. The van der Waals surface area contributed by atoms with E-state index in [-0.39, 0.29) is 0 Å². The fraction of sp³-hybridized carbons (Fsp3) is 0.500. The van der Waals surface area contributed by atoms with Crippen LogP contribution in [-0.4, -0.2) is 0 Å². The molecule has 0 aliphatic heterocycles. The molecule has 0 spiro atoms. The average Bonchev–Trinajstić information content (AvgIpc) is 1.41. The van der Waals surface area contributed by atoms with Crippen LogP contribution in [0.1, 0.15) is 13.3 Å². The summed E-state index contributed by atoms with van der Waals surface area (Å²) in [5.41, 5.74) is 1.53. The monoisotopic (exact) mass is 90.0 g/mol. The Balaban J connectivity index is 2.62. The molecule has 5 heavy (non-hydrogen) atoms. The topological polar surface area (TPSA) is 0 Å². The first-order valence-corrected chi connectivity index (χ1v) is 2.10. The number of hydrogen-bond acceptors (Lipinski definition) is 0. The molecule has 0 heterocycles. The van der Waals surface area contributed by atoms with Crippen LogP contribution in [0.15, 0.2) is 11.6 Å². The Morgan fingerprint density at radius 2 is 2.40 bits per heavy atom. The van der Waals surface area contributed by atoms with Gasteiger partial charge in [0.2, 0.25) is 0 Å². The molecule has 1 heteroatoms. The molecule has 0 N–H and O–H groups in total. The highest BCUT2D eigenvalue weighted by Crippen LogP contribution is 1.80. The second-order valence-corrected chi connectivity index (χ2v) is 1.02. The van der Waals surface area contributed by atoms with E-state index in [0.29, 0.717) is 0 Å². The Kier molecular flexibility index (Phi) is 4.05. The fourth-order valence-corrected chi connectivity index (χ4v) is 0.267. The summed E-state index contributed by atoms with van der Waals surface area (Å²) in [7, 11) is 0. The zero-order chi connectivity index (χ0) is 4.12. The van der Waals surface area contributed by atoms with Crippen LogP contribution < -0.4 is 0 Å². The van der Waals surface area contributed by atoms with Crippen molar-refractivity contribution in [2.75, 3.05) is 0 Å². The fourth-order valence-electron chi connectivity index (χ4n) is 0.0891. The Hall–Kier alpha value is 0.0300. The van der Waals surface area contributed by atoms with Crippen molar-refractivity contribution in [1.29, 1.82) is 0 Å². The van der Waals surface area contributed by atoms with Gasteiger partial charge in [0.25, 0.3) is 0 Å². The lowest BCUT2D eigenvalue weighted by atomic mass is 10.5. The van der Waals surface area contributed by atoms with E-state index in [4.69, 9.17) is 11.6 Å². The van der Waals surface area contributed by atoms with Gasteiger partial charge in [0.1, 0.15) is 0 Å². The minimum absolute atomic E-state index is 1.03. The highest BCUT2D eigenvalue weighted by molar-refractivity contribution is 6.25. The zero-order valence-corrected chi connectivity index (χ0v) is 4.00. The van der Waals surface area contributed by atoms with Crippen LogP contribution >= 0.6 is 11.6 Å². The van der Waals surface area contributed by atoms with Gasteiger partial charge < -0.3 is 0 Å². The van der Waals surface area contributed by atoms with Crippen LogP contribution in [0.25, 0.3) is 0 Å². The third-order valence-electron chi connectivity index (χ3n) is 0.325. The van der Waals surface area contributed by atoms with Gasteiger partial charge in [-0.15, -0.1) is 0 Å². The average molecular weight is 90.6 g/mol. The van der Waals surface area contributed by atoms with Crippen molar-refractivity contribution in [3.05, 3.63) is 11.6 Å². The molecule has 0 aromatic rings.